The summed E-state index contributed by atoms with van der Waals surface area (Å²) in [7, 11) is 3.94. The second kappa shape index (κ2) is 6.15. The first-order valence-corrected chi connectivity index (χ1v) is 5.83. The fourth-order valence-corrected chi connectivity index (χ4v) is 1.59. The van der Waals surface area contributed by atoms with E-state index in [0.717, 1.165) is 25.1 Å². The van der Waals surface area contributed by atoms with Crippen LogP contribution in [0, 0.1) is 11.6 Å². The number of nitrogens with zero attached hydrogens (tertiary/aromatic N) is 1. The third kappa shape index (κ3) is 4.06. The lowest BCUT2D eigenvalue weighted by Crippen LogP contribution is -2.16. The van der Waals surface area contributed by atoms with Crippen molar-refractivity contribution in [3.63, 3.8) is 0 Å². The standard InChI is InChI=1S/C11H15BrF2N2/c1-16(2)5-3-4-15-11-7-9(13)8(12)6-10(11)14/h6-7,15H,3-5H2,1-2H3. The molecule has 0 amide bonds. The minimum Gasteiger partial charge on any atom is -0.383 e. The van der Waals surface area contributed by atoms with E-state index in [9.17, 15) is 8.78 Å². The molecule has 1 aromatic rings. The van der Waals surface area contributed by atoms with Gasteiger partial charge in [-0.3, -0.25) is 0 Å². The molecule has 16 heavy (non-hydrogen) atoms. The van der Waals surface area contributed by atoms with Gasteiger partial charge in [-0.05, 0) is 49.1 Å². The molecule has 0 saturated carbocycles. The number of hydrogen-bond acceptors (Lipinski definition) is 2. The normalized spacial score (nSPS) is 10.9. The number of anilines is 1. The highest BCUT2D eigenvalue weighted by Gasteiger charge is 2.07. The van der Waals surface area contributed by atoms with Crippen LogP contribution in [0.25, 0.3) is 0 Å². The molecule has 0 spiro atoms. The Balaban J connectivity index is 2.51. The summed E-state index contributed by atoms with van der Waals surface area (Å²) in [5.74, 6) is -0.908. The molecule has 0 saturated heterocycles. The highest BCUT2D eigenvalue weighted by Crippen LogP contribution is 2.23. The van der Waals surface area contributed by atoms with Gasteiger partial charge < -0.3 is 10.2 Å². The van der Waals surface area contributed by atoms with Crippen LogP contribution in [0.4, 0.5) is 14.5 Å². The Morgan fingerprint density at radius 1 is 1.25 bits per heavy atom. The van der Waals surface area contributed by atoms with Gasteiger partial charge in [-0.1, -0.05) is 0 Å². The van der Waals surface area contributed by atoms with E-state index in [1.807, 2.05) is 19.0 Å². The lowest BCUT2D eigenvalue weighted by molar-refractivity contribution is 0.405. The third-order valence-electron chi connectivity index (χ3n) is 2.11. The number of benzene rings is 1. The summed E-state index contributed by atoms with van der Waals surface area (Å²) >= 11 is 2.93. The molecule has 0 fully saturated rings. The summed E-state index contributed by atoms with van der Waals surface area (Å²) in [5, 5.41) is 2.87. The van der Waals surface area contributed by atoms with Crippen molar-refractivity contribution in [1.82, 2.24) is 4.90 Å². The lowest BCUT2D eigenvalue weighted by atomic mass is 10.3. The van der Waals surface area contributed by atoms with Crippen LogP contribution in [0.1, 0.15) is 6.42 Å². The van der Waals surface area contributed by atoms with Gasteiger partial charge >= 0.3 is 0 Å². The van der Waals surface area contributed by atoms with Crippen LogP contribution < -0.4 is 5.32 Å². The van der Waals surface area contributed by atoms with Crippen LogP contribution in [0.3, 0.4) is 0 Å². The zero-order chi connectivity index (χ0) is 12.1. The van der Waals surface area contributed by atoms with E-state index in [1.54, 1.807) is 0 Å². The van der Waals surface area contributed by atoms with Gasteiger partial charge in [-0.15, -0.1) is 0 Å². The molecular weight excluding hydrogens is 278 g/mol. The van der Waals surface area contributed by atoms with Gasteiger partial charge in [0.25, 0.3) is 0 Å². The van der Waals surface area contributed by atoms with E-state index in [2.05, 4.69) is 21.2 Å². The maximum Gasteiger partial charge on any atom is 0.147 e. The second-order valence-electron chi connectivity index (χ2n) is 3.83. The number of hydrogen-bond donors (Lipinski definition) is 1. The van der Waals surface area contributed by atoms with Crippen LogP contribution >= 0.6 is 15.9 Å². The van der Waals surface area contributed by atoms with Gasteiger partial charge in [-0.25, -0.2) is 8.78 Å². The van der Waals surface area contributed by atoms with Crippen LogP contribution in [0.15, 0.2) is 16.6 Å². The first-order chi connectivity index (χ1) is 7.50. The molecule has 0 aliphatic carbocycles. The van der Waals surface area contributed by atoms with Crippen molar-refractivity contribution in [2.45, 2.75) is 6.42 Å². The monoisotopic (exact) mass is 292 g/mol. The minimum atomic E-state index is -0.462. The Labute approximate surface area is 103 Å². The van der Waals surface area contributed by atoms with Gasteiger partial charge in [-0.2, -0.15) is 0 Å². The van der Waals surface area contributed by atoms with E-state index in [0.29, 0.717) is 6.54 Å². The summed E-state index contributed by atoms with van der Waals surface area (Å²) < 4.78 is 26.6. The Kier molecular flexibility index (Phi) is 5.15. The largest absolute Gasteiger partial charge is 0.383 e. The SMILES string of the molecule is CN(C)CCCNc1cc(F)c(Br)cc1F. The molecule has 1 rings (SSSR count). The third-order valence-corrected chi connectivity index (χ3v) is 2.72. The predicted molar refractivity (Wildman–Crippen MR) is 65.7 cm³/mol. The average Bonchev–Trinajstić information content (AvgIpc) is 2.19. The quantitative estimate of drug-likeness (QED) is 0.663. The Hall–Kier alpha value is -0.680. The van der Waals surface area contributed by atoms with Crippen LogP contribution in [-0.2, 0) is 0 Å². The summed E-state index contributed by atoms with van der Waals surface area (Å²) in [6, 6.07) is 2.29. The molecular formula is C11H15BrF2N2. The molecule has 0 aliphatic rings. The van der Waals surface area contributed by atoms with Crippen molar-refractivity contribution < 1.29 is 8.78 Å². The average molecular weight is 293 g/mol. The van der Waals surface area contributed by atoms with Crippen molar-refractivity contribution >= 4 is 21.6 Å². The van der Waals surface area contributed by atoms with Crippen LogP contribution in [0.5, 0.6) is 0 Å². The molecule has 0 aliphatic heterocycles. The molecule has 0 unspecified atom stereocenters. The zero-order valence-corrected chi connectivity index (χ0v) is 10.9. The van der Waals surface area contributed by atoms with E-state index < -0.39 is 11.6 Å². The second-order valence-corrected chi connectivity index (χ2v) is 4.68. The summed E-state index contributed by atoms with van der Waals surface area (Å²) in [5.41, 5.74) is 0.208. The highest BCUT2D eigenvalue weighted by atomic mass is 79.9. The molecule has 0 radical (unpaired) electrons. The highest BCUT2D eigenvalue weighted by molar-refractivity contribution is 9.10. The summed E-state index contributed by atoms with van der Waals surface area (Å²) in [6.45, 7) is 1.53. The molecule has 5 heteroatoms. The molecule has 0 atom stereocenters. The fourth-order valence-electron chi connectivity index (χ4n) is 1.28. The summed E-state index contributed by atoms with van der Waals surface area (Å²) in [6.07, 6.45) is 0.879. The van der Waals surface area contributed by atoms with Crippen molar-refractivity contribution in [2.75, 3.05) is 32.5 Å². The van der Waals surface area contributed by atoms with Gasteiger partial charge in [0.1, 0.15) is 11.6 Å². The van der Waals surface area contributed by atoms with E-state index in [4.69, 9.17) is 0 Å². The van der Waals surface area contributed by atoms with Gasteiger partial charge in [0.05, 0.1) is 10.2 Å². The van der Waals surface area contributed by atoms with E-state index in [1.165, 1.54) is 0 Å². The summed E-state index contributed by atoms with van der Waals surface area (Å²) in [4.78, 5) is 2.04. The molecule has 0 bridgehead atoms. The lowest BCUT2D eigenvalue weighted by Gasteiger charge is -2.11. The van der Waals surface area contributed by atoms with E-state index in [-0.39, 0.29) is 10.2 Å². The Morgan fingerprint density at radius 2 is 1.94 bits per heavy atom. The maximum atomic E-state index is 13.3. The first kappa shape index (κ1) is 13.4. The Morgan fingerprint density at radius 3 is 2.56 bits per heavy atom. The van der Waals surface area contributed by atoms with Crippen LogP contribution in [0.2, 0.25) is 0 Å². The minimum absolute atomic E-state index is 0.142. The molecule has 0 heterocycles. The van der Waals surface area contributed by atoms with Crippen molar-refractivity contribution in [3.05, 3.63) is 28.2 Å². The molecule has 1 aromatic carbocycles. The van der Waals surface area contributed by atoms with Gasteiger partial charge in [0.2, 0.25) is 0 Å². The van der Waals surface area contributed by atoms with Gasteiger partial charge in [0, 0.05) is 12.6 Å². The van der Waals surface area contributed by atoms with E-state index >= 15 is 0 Å². The van der Waals surface area contributed by atoms with Crippen LogP contribution in [-0.4, -0.2) is 32.1 Å². The Bertz CT molecular complexity index is 356. The topological polar surface area (TPSA) is 15.3 Å². The first-order valence-electron chi connectivity index (χ1n) is 5.04. The predicted octanol–water partition coefficient (Wildman–Crippen LogP) is 3.09. The van der Waals surface area contributed by atoms with Gasteiger partial charge in [0.15, 0.2) is 0 Å². The number of nitrogens with one attached hydrogen (secondary N) is 1. The van der Waals surface area contributed by atoms with Crippen molar-refractivity contribution in [2.24, 2.45) is 0 Å². The zero-order valence-electron chi connectivity index (χ0n) is 9.36. The number of rotatable bonds is 5. The molecule has 90 valence electrons. The van der Waals surface area contributed by atoms with Crippen molar-refractivity contribution in [3.8, 4) is 0 Å². The molecule has 0 aromatic heterocycles. The fraction of sp³-hybridized carbons (Fsp3) is 0.455. The maximum absolute atomic E-state index is 13.3. The molecule has 1 N–H and O–H groups in total. The number of halogens is 3. The van der Waals surface area contributed by atoms with Crippen molar-refractivity contribution in [1.29, 1.82) is 0 Å². The smallest absolute Gasteiger partial charge is 0.147 e. The molecule has 2 nitrogen and oxygen atoms in total.